The molecule has 25 heavy (non-hydrogen) atoms. The van der Waals surface area contributed by atoms with Crippen LogP contribution in [0.5, 0.6) is 11.5 Å². The summed E-state index contributed by atoms with van der Waals surface area (Å²) in [7, 11) is -2.72. The first kappa shape index (κ1) is 18.2. The minimum Gasteiger partial charge on any atom is -0.504 e. The van der Waals surface area contributed by atoms with Crippen molar-refractivity contribution in [3.05, 3.63) is 57.6 Å². The fourth-order valence-corrected chi connectivity index (χ4v) is 2.79. The van der Waals surface area contributed by atoms with Crippen LogP contribution in [-0.2, 0) is 10.0 Å². The number of nitrogens with zero attached hydrogens (tertiary/aromatic N) is 2. The number of phenolic OH excluding ortho intramolecular Hbond substituents is 1. The smallest absolute Gasteiger partial charge is 0.276 e. The Morgan fingerprint density at radius 2 is 2.04 bits per heavy atom. The molecule has 2 aromatic carbocycles. The molecule has 0 aliphatic heterocycles. The second kappa shape index (κ2) is 7.18. The molecule has 0 aliphatic carbocycles. The van der Waals surface area contributed by atoms with Crippen LogP contribution in [0.2, 0.25) is 0 Å². The van der Waals surface area contributed by atoms with Crippen molar-refractivity contribution in [1.82, 2.24) is 4.83 Å². The second-order valence-electron chi connectivity index (χ2n) is 4.96. The van der Waals surface area contributed by atoms with Crippen LogP contribution in [0.25, 0.3) is 0 Å². The third-order valence-electron chi connectivity index (χ3n) is 3.31. The van der Waals surface area contributed by atoms with Crippen LogP contribution >= 0.6 is 0 Å². The van der Waals surface area contributed by atoms with Gasteiger partial charge in [0.25, 0.3) is 15.7 Å². The first-order valence-corrected chi connectivity index (χ1v) is 8.40. The van der Waals surface area contributed by atoms with Crippen molar-refractivity contribution in [2.45, 2.75) is 11.8 Å². The molecule has 0 heterocycles. The maximum Gasteiger partial charge on any atom is 0.276 e. The number of hydrogen-bond acceptors (Lipinski definition) is 7. The molecular weight excluding hydrogens is 350 g/mol. The first-order valence-electron chi connectivity index (χ1n) is 6.92. The Labute approximate surface area is 143 Å². The maximum absolute atomic E-state index is 12.2. The number of methoxy groups -OCH3 is 1. The number of hydrogen-bond donors (Lipinski definition) is 2. The maximum atomic E-state index is 12.2. The number of benzene rings is 2. The Morgan fingerprint density at radius 3 is 2.68 bits per heavy atom. The predicted molar refractivity (Wildman–Crippen MR) is 90.4 cm³/mol. The van der Waals surface area contributed by atoms with Gasteiger partial charge in [0.05, 0.1) is 23.1 Å². The molecule has 0 fully saturated rings. The Morgan fingerprint density at radius 1 is 1.32 bits per heavy atom. The predicted octanol–water partition coefficient (Wildman–Crippen LogP) is 1.93. The molecule has 0 radical (unpaired) electrons. The third kappa shape index (κ3) is 4.04. The number of nitro groups is 1. The normalized spacial score (nSPS) is 11.4. The van der Waals surface area contributed by atoms with E-state index >= 15 is 0 Å². The fourth-order valence-electron chi connectivity index (χ4n) is 1.98. The topological polar surface area (TPSA) is 131 Å². The van der Waals surface area contributed by atoms with E-state index in [1.807, 2.05) is 4.83 Å². The van der Waals surface area contributed by atoms with Crippen molar-refractivity contribution in [1.29, 1.82) is 0 Å². The van der Waals surface area contributed by atoms with Crippen LogP contribution in [0, 0.1) is 17.0 Å². The zero-order valence-electron chi connectivity index (χ0n) is 13.3. The van der Waals surface area contributed by atoms with Crippen molar-refractivity contribution in [2.75, 3.05) is 7.11 Å². The standard InChI is InChI=1S/C15H15N3O6S/c1-10-6-7-12(8-13(10)18(20)21)25(22,23)17-16-9-11-4-3-5-14(24-2)15(11)19/h3-9,17,19H,1-2H3/b16-9-. The van der Waals surface area contributed by atoms with Crippen molar-refractivity contribution in [3.8, 4) is 11.5 Å². The van der Waals surface area contributed by atoms with Gasteiger partial charge >= 0.3 is 0 Å². The Hall–Kier alpha value is -3.14. The van der Waals surface area contributed by atoms with Crippen LogP contribution in [0.15, 0.2) is 46.4 Å². The number of hydrazone groups is 1. The molecule has 9 nitrogen and oxygen atoms in total. The van der Waals surface area contributed by atoms with E-state index in [2.05, 4.69) is 5.10 Å². The summed E-state index contributed by atoms with van der Waals surface area (Å²) in [5.74, 6) is 0.0138. The zero-order valence-corrected chi connectivity index (χ0v) is 14.1. The second-order valence-corrected chi connectivity index (χ2v) is 6.62. The van der Waals surface area contributed by atoms with E-state index in [1.165, 1.54) is 38.3 Å². The summed E-state index contributed by atoms with van der Waals surface area (Å²) in [6.07, 6.45) is 1.10. The lowest BCUT2D eigenvalue weighted by atomic mass is 10.2. The van der Waals surface area contributed by atoms with E-state index in [1.54, 1.807) is 6.07 Å². The highest BCUT2D eigenvalue weighted by atomic mass is 32.2. The highest BCUT2D eigenvalue weighted by molar-refractivity contribution is 7.89. The quantitative estimate of drug-likeness (QED) is 0.457. The Balaban J connectivity index is 2.25. The minimum atomic E-state index is -4.10. The number of para-hydroxylation sites is 1. The van der Waals surface area contributed by atoms with Gasteiger partial charge in [0.15, 0.2) is 11.5 Å². The monoisotopic (exact) mass is 365 g/mol. The van der Waals surface area contributed by atoms with E-state index in [9.17, 15) is 23.6 Å². The summed E-state index contributed by atoms with van der Waals surface area (Å²) in [5, 5.41) is 24.4. The number of phenols is 1. The van der Waals surface area contributed by atoms with Gasteiger partial charge in [-0.1, -0.05) is 12.1 Å². The lowest BCUT2D eigenvalue weighted by Gasteiger charge is -2.06. The van der Waals surface area contributed by atoms with Crippen LogP contribution in [0.4, 0.5) is 5.69 Å². The molecule has 2 aromatic rings. The molecule has 0 bridgehead atoms. The molecule has 0 spiro atoms. The molecule has 0 saturated heterocycles. The number of rotatable bonds is 6. The van der Waals surface area contributed by atoms with Gasteiger partial charge in [-0.2, -0.15) is 13.5 Å². The van der Waals surface area contributed by atoms with E-state index in [0.29, 0.717) is 5.56 Å². The van der Waals surface area contributed by atoms with Gasteiger partial charge in [-0.3, -0.25) is 10.1 Å². The summed E-state index contributed by atoms with van der Waals surface area (Å²) < 4.78 is 29.3. The molecule has 2 N–H and O–H groups in total. The number of nitrogens with one attached hydrogen (secondary N) is 1. The lowest BCUT2D eigenvalue weighted by Crippen LogP contribution is -2.18. The number of aryl methyl sites for hydroxylation is 1. The van der Waals surface area contributed by atoms with Crippen molar-refractivity contribution in [3.63, 3.8) is 0 Å². The number of sulfonamides is 1. The van der Waals surface area contributed by atoms with Gasteiger partial charge in [0.2, 0.25) is 0 Å². The largest absolute Gasteiger partial charge is 0.504 e. The zero-order chi connectivity index (χ0) is 18.6. The van der Waals surface area contributed by atoms with Gasteiger partial charge < -0.3 is 9.84 Å². The summed E-state index contributed by atoms with van der Waals surface area (Å²) in [5.41, 5.74) is 0.267. The van der Waals surface area contributed by atoms with Gasteiger partial charge in [-0.25, -0.2) is 4.83 Å². The molecule has 0 aliphatic rings. The van der Waals surface area contributed by atoms with E-state index in [-0.39, 0.29) is 27.6 Å². The highest BCUT2D eigenvalue weighted by Crippen LogP contribution is 2.28. The summed E-state index contributed by atoms with van der Waals surface area (Å²) in [6, 6.07) is 8.16. The average molecular weight is 365 g/mol. The Bertz CT molecular complexity index is 940. The fraction of sp³-hybridized carbons (Fsp3) is 0.133. The number of nitro benzene ring substituents is 1. The minimum absolute atomic E-state index is 0.195. The molecule has 0 atom stereocenters. The van der Waals surface area contributed by atoms with Crippen LogP contribution in [0.3, 0.4) is 0 Å². The van der Waals surface area contributed by atoms with Crippen LogP contribution < -0.4 is 9.57 Å². The molecule has 0 amide bonds. The average Bonchev–Trinajstić information content (AvgIpc) is 2.56. The van der Waals surface area contributed by atoms with Crippen molar-refractivity contribution >= 4 is 21.9 Å². The van der Waals surface area contributed by atoms with Crippen molar-refractivity contribution < 1.29 is 23.2 Å². The number of ether oxygens (including phenoxy) is 1. The SMILES string of the molecule is COc1cccc(/C=N\NS(=O)(=O)c2ccc(C)c([N+](=O)[O-])c2)c1O. The summed E-state index contributed by atoms with van der Waals surface area (Å²) in [4.78, 5) is 11.9. The third-order valence-corrected chi connectivity index (χ3v) is 4.53. The van der Waals surface area contributed by atoms with E-state index in [0.717, 1.165) is 12.3 Å². The van der Waals surface area contributed by atoms with Crippen LogP contribution in [-0.4, -0.2) is 31.8 Å². The van der Waals surface area contributed by atoms with E-state index < -0.39 is 14.9 Å². The molecule has 0 saturated carbocycles. The molecule has 2 rings (SSSR count). The Kier molecular flexibility index (Phi) is 5.22. The van der Waals surface area contributed by atoms with Crippen molar-refractivity contribution in [2.24, 2.45) is 5.10 Å². The lowest BCUT2D eigenvalue weighted by molar-refractivity contribution is -0.385. The molecule has 0 unspecified atom stereocenters. The number of aromatic hydroxyl groups is 1. The molecule has 132 valence electrons. The molecular formula is C15H15N3O6S. The highest BCUT2D eigenvalue weighted by Gasteiger charge is 2.19. The van der Waals surface area contributed by atoms with Gasteiger partial charge in [0.1, 0.15) is 0 Å². The first-order chi connectivity index (χ1) is 11.8. The van der Waals surface area contributed by atoms with Crippen LogP contribution in [0.1, 0.15) is 11.1 Å². The van der Waals surface area contributed by atoms with Gasteiger partial charge in [-0.15, -0.1) is 0 Å². The summed E-state index contributed by atoms with van der Waals surface area (Å²) in [6.45, 7) is 1.51. The van der Waals surface area contributed by atoms with Gasteiger partial charge in [-0.05, 0) is 25.1 Å². The van der Waals surface area contributed by atoms with Gasteiger partial charge in [0, 0.05) is 17.2 Å². The molecule has 10 heteroatoms. The summed E-state index contributed by atoms with van der Waals surface area (Å²) >= 11 is 0. The van der Waals surface area contributed by atoms with E-state index in [4.69, 9.17) is 4.74 Å². The molecule has 0 aromatic heterocycles.